The molecule has 0 radical (unpaired) electrons. The second-order valence-electron chi connectivity index (χ2n) is 3.70. The number of hydrogen-bond acceptors (Lipinski definition) is 0. The van der Waals surface area contributed by atoms with E-state index in [9.17, 15) is 0 Å². The van der Waals surface area contributed by atoms with Crippen LogP contribution >= 0.6 is 11.6 Å². The van der Waals surface area contributed by atoms with E-state index < -0.39 is 0 Å². The van der Waals surface area contributed by atoms with Gasteiger partial charge in [-0.15, -0.1) is 11.6 Å². The predicted octanol–water partition coefficient (Wildman–Crippen LogP) is 4.72. The molecule has 14 heavy (non-hydrogen) atoms. The number of unbranched alkanes of at least 4 members (excludes halogenated alkanes) is 1. The molecular formula is C13H19Cl. The van der Waals surface area contributed by atoms with Crippen LogP contribution in [-0.2, 0) is 6.42 Å². The number of hydrogen-bond donors (Lipinski definition) is 0. The van der Waals surface area contributed by atoms with Gasteiger partial charge < -0.3 is 0 Å². The number of alkyl halides is 1. The first-order valence-corrected chi connectivity index (χ1v) is 5.94. The first-order valence-electron chi connectivity index (χ1n) is 5.50. The highest BCUT2D eigenvalue weighted by Gasteiger charge is 2.06. The minimum Gasteiger partial charge on any atom is -0.118 e. The molecule has 0 fully saturated rings. The summed E-state index contributed by atoms with van der Waals surface area (Å²) in [6.45, 7) is 4.37. The van der Waals surface area contributed by atoms with E-state index >= 15 is 0 Å². The van der Waals surface area contributed by atoms with E-state index in [1.807, 2.05) is 0 Å². The van der Waals surface area contributed by atoms with Gasteiger partial charge in [-0.25, -0.2) is 0 Å². The number of benzene rings is 1. The molecule has 0 heterocycles. The van der Waals surface area contributed by atoms with Crippen LogP contribution in [0.25, 0.3) is 0 Å². The fraction of sp³-hybridized carbons (Fsp3) is 0.538. The Morgan fingerprint density at radius 3 is 2.29 bits per heavy atom. The lowest BCUT2D eigenvalue weighted by atomic mass is 10.0. The van der Waals surface area contributed by atoms with Crippen molar-refractivity contribution in [3.8, 4) is 0 Å². The fourth-order valence-electron chi connectivity index (χ4n) is 1.51. The van der Waals surface area contributed by atoms with Crippen LogP contribution in [0.1, 0.15) is 49.6 Å². The number of halogens is 1. The Labute approximate surface area is 92.3 Å². The Bertz CT molecular complexity index is 250. The maximum absolute atomic E-state index is 6.28. The molecule has 0 aliphatic carbocycles. The molecule has 78 valence electrons. The minimum absolute atomic E-state index is 0.195. The minimum atomic E-state index is 0.195. The van der Waals surface area contributed by atoms with Gasteiger partial charge in [-0.1, -0.05) is 51.0 Å². The van der Waals surface area contributed by atoms with Crippen LogP contribution in [0.3, 0.4) is 0 Å². The molecule has 1 rings (SSSR count). The van der Waals surface area contributed by atoms with Gasteiger partial charge in [0, 0.05) is 0 Å². The molecule has 0 aromatic heterocycles. The van der Waals surface area contributed by atoms with Crippen molar-refractivity contribution >= 4 is 11.6 Å². The van der Waals surface area contributed by atoms with Crippen molar-refractivity contribution in [1.29, 1.82) is 0 Å². The molecule has 0 spiro atoms. The zero-order valence-electron chi connectivity index (χ0n) is 9.09. The Morgan fingerprint density at radius 1 is 1.14 bits per heavy atom. The van der Waals surface area contributed by atoms with E-state index in [0.29, 0.717) is 0 Å². The molecule has 0 amide bonds. The molecule has 1 aromatic rings. The number of aryl methyl sites for hydroxylation is 1. The third kappa shape index (κ3) is 3.34. The summed E-state index contributed by atoms with van der Waals surface area (Å²) in [5, 5.41) is 0.195. The van der Waals surface area contributed by atoms with Crippen LogP contribution in [0, 0.1) is 0 Å². The fourth-order valence-corrected chi connectivity index (χ4v) is 1.81. The zero-order chi connectivity index (χ0) is 10.4. The molecular weight excluding hydrogens is 192 g/mol. The van der Waals surface area contributed by atoms with Crippen LogP contribution in [-0.4, -0.2) is 0 Å². The van der Waals surface area contributed by atoms with E-state index in [2.05, 4.69) is 38.1 Å². The molecule has 1 aromatic carbocycles. The quantitative estimate of drug-likeness (QED) is 0.617. The van der Waals surface area contributed by atoms with E-state index in [4.69, 9.17) is 11.6 Å². The summed E-state index contributed by atoms with van der Waals surface area (Å²) in [5.41, 5.74) is 2.64. The van der Waals surface area contributed by atoms with Crippen molar-refractivity contribution in [3.05, 3.63) is 35.4 Å². The summed E-state index contributed by atoms with van der Waals surface area (Å²) in [6.07, 6.45) is 4.62. The molecule has 1 unspecified atom stereocenters. The summed E-state index contributed by atoms with van der Waals surface area (Å²) in [5.74, 6) is 0. The molecule has 0 saturated heterocycles. The maximum atomic E-state index is 6.28. The summed E-state index contributed by atoms with van der Waals surface area (Å²) in [4.78, 5) is 0. The largest absolute Gasteiger partial charge is 0.118 e. The standard InChI is InChI=1S/C13H19Cl/c1-3-5-6-13(14)12-9-7-11(4-2)8-10-12/h7-10,13H,3-6H2,1-2H3. The SMILES string of the molecule is CCCCC(Cl)c1ccc(CC)cc1. The Balaban J connectivity index is 2.57. The number of rotatable bonds is 5. The third-order valence-electron chi connectivity index (χ3n) is 2.56. The average molecular weight is 211 g/mol. The highest BCUT2D eigenvalue weighted by atomic mass is 35.5. The normalized spacial score (nSPS) is 12.8. The van der Waals surface area contributed by atoms with Crippen LogP contribution in [0.5, 0.6) is 0 Å². The second-order valence-corrected chi connectivity index (χ2v) is 4.23. The van der Waals surface area contributed by atoms with E-state index in [0.717, 1.165) is 12.8 Å². The van der Waals surface area contributed by atoms with Gasteiger partial charge in [0.1, 0.15) is 0 Å². The van der Waals surface area contributed by atoms with Gasteiger partial charge in [-0.2, -0.15) is 0 Å². The molecule has 0 aliphatic rings. The highest BCUT2D eigenvalue weighted by Crippen LogP contribution is 2.26. The molecule has 1 heteroatoms. The first kappa shape index (κ1) is 11.6. The zero-order valence-corrected chi connectivity index (χ0v) is 9.85. The topological polar surface area (TPSA) is 0 Å². The average Bonchev–Trinajstić information content (AvgIpc) is 2.26. The maximum Gasteiger partial charge on any atom is 0.0585 e. The lowest BCUT2D eigenvalue weighted by molar-refractivity contribution is 0.701. The molecule has 0 nitrogen and oxygen atoms in total. The molecule has 0 bridgehead atoms. The smallest absolute Gasteiger partial charge is 0.0585 e. The lowest BCUT2D eigenvalue weighted by Crippen LogP contribution is -1.91. The van der Waals surface area contributed by atoms with E-state index in [1.165, 1.54) is 24.0 Å². The van der Waals surface area contributed by atoms with Gasteiger partial charge in [-0.05, 0) is 24.0 Å². The van der Waals surface area contributed by atoms with E-state index in [-0.39, 0.29) is 5.38 Å². The van der Waals surface area contributed by atoms with Crippen molar-refractivity contribution in [3.63, 3.8) is 0 Å². The third-order valence-corrected chi connectivity index (χ3v) is 3.03. The monoisotopic (exact) mass is 210 g/mol. The van der Waals surface area contributed by atoms with Crippen molar-refractivity contribution < 1.29 is 0 Å². The van der Waals surface area contributed by atoms with Gasteiger partial charge in [0.15, 0.2) is 0 Å². The summed E-state index contributed by atoms with van der Waals surface area (Å²) >= 11 is 6.28. The highest BCUT2D eigenvalue weighted by molar-refractivity contribution is 6.20. The van der Waals surface area contributed by atoms with Gasteiger partial charge >= 0.3 is 0 Å². The molecule has 0 N–H and O–H groups in total. The predicted molar refractivity (Wildman–Crippen MR) is 63.9 cm³/mol. The van der Waals surface area contributed by atoms with Crippen molar-refractivity contribution in [2.24, 2.45) is 0 Å². The molecule has 1 atom stereocenters. The molecule has 0 aliphatic heterocycles. The van der Waals surface area contributed by atoms with Crippen LogP contribution < -0.4 is 0 Å². The summed E-state index contributed by atoms with van der Waals surface area (Å²) in [6, 6.07) is 8.67. The van der Waals surface area contributed by atoms with Gasteiger partial charge in [0.25, 0.3) is 0 Å². The van der Waals surface area contributed by atoms with Gasteiger partial charge in [0.2, 0.25) is 0 Å². The summed E-state index contributed by atoms with van der Waals surface area (Å²) < 4.78 is 0. The Hall–Kier alpha value is -0.490. The van der Waals surface area contributed by atoms with Gasteiger partial charge in [-0.3, -0.25) is 0 Å². The Morgan fingerprint density at radius 2 is 1.79 bits per heavy atom. The lowest BCUT2D eigenvalue weighted by Gasteiger charge is -2.09. The first-order chi connectivity index (χ1) is 6.77. The van der Waals surface area contributed by atoms with Crippen molar-refractivity contribution in [1.82, 2.24) is 0 Å². The second kappa shape index (κ2) is 6.08. The van der Waals surface area contributed by atoms with Crippen LogP contribution in [0.15, 0.2) is 24.3 Å². The van der Waals surface area contributed by atoms with Crippen LogP contribution in [0.4, 0.5) is 0 Å². The summed E-state index contributed by atoms with van der Waals surface area (Å²) in [7, 11) is 0. The van der Waals surface area contributed by atoms with Crippen molar-refractivity contribution in [2.45, 2.75) is 44.9 Å². The van der Waals surface area contributed by atoms with Crippen LogP contribution in [0.2, 0.25) is 0 Å². The van der Waals surface area contributed by atoms with Gasteiger partial charge in [0.05, 0.1) is 5.38 Å². The van der Waals surface area contributed by atoms with Crippen molar-refractivity contribution in [2.75, 3.05) is 0 Å². The molecule has 0 saturated carbocycles. The Kier molecular flexibility index (Phi) is 5.03. The van der Waals surface area contributed by atoms with E-state index in [1.54, 1.807) is 0 Å².